The molecule has 9 nitrogen and oxygen atoms in total. The first-order valence-electron chi connectivity index (χ1n) is 13.6. The lowest BCUT2D eigenvalue weighted by Crippen LogP contribution is -2.35. The molecule has 3 aromatic rings. The van der Waals surface area contributed by atoms with Gasteiger partial charge in [-0.15, -0.1) is 0 Å². The number of hydrogen-bond donors (Lipinski definition) is 0. The van der Waals surface area contributed by atoms with E-state index in [4.69, 9.17) is 14.8 Å². The Kier molecular flexibility index (Phi) is 7.36. The average Bonchev–Trinajstić information content (AvgIpc) is 3.33. The summed E-state index contributed by atoms with van der Waals surface area (Å²) >= 11 is 0. The quantitative estimate of drug-likeness (QED) is 0.411. The van der Waals surface area contributed by atoms with Crippen LogP contribution in [0, 0.1) is 17.2 Å². The third kappa shape index (κ3) is 5.02. The Morgan fingerprint density at radius 2 is 1.92 bits per heavy atom. The van der Waals surface area contributed by atoms with Gasteiger partial charge in [-0.25, -0.2) is 24.4 Å². The number of hydrogen-bond acceptors (Lipinski definition) is 8. The molecule has 37 heavy (non-hydrogen) atoms. The smallest absolute Gasteiger partial charge is 0.357 e. The molecule has 1 aliphatic heterocycles. The summed E-state index contributed by atoms with van der Waals surface area (Å²) in [5, 5.41) is 15.4. The minimum atomic E-state index is -0.443. The Balaban J connectivity index is 1.63. The molecule has 0 radical (unpaired) electrons. The summed E-state index contributed by atoms with van der Waals surface area (Å²) in [6.07, 6.45) is 11.2. The van der Waals surface area contributed by atoms with Crippen LogP contribution in [0.1, 0.15) is 93.9 Å². The highest BCUT2D eigenvalue weighted by molar-refractivity contribution is 6.00. The molecular formula is C28H35N7O2. The molecule has 0 amide bonds. The van der Waals surface area contributed by atoms with Gasteiger partial charge in [0.15, 0.2) is 11.3 Å². The molecule has 1 unspecified atom stereocenters. The summed E-state index contributed by atoms with van der Waals surface area (Å²) in [5.41, 5.74) is 3.62. The predicted molar refractivity (Wildman–Crippen MR) is 141 cm³/mol. The average molecular weight is 502 g/mol. The number of carbonyl (C=O) groups excluding carboxylic acids is 1. The van der Waals surface area contributed by atoms with Crippen LogP contribution < -0.4 is 4.90 Å². The van der Waals surface area contributed by atoms with Gasteiger partial charge in [0.25, 0.3) is 0 Å². The van der Waals surface area contributed by atoms with Crippen molar-refractivity contribution >= 4 is 23.0 Å². The molecule has 1 saturated heterocycles. The van der Waals surface area contributed by atoms with Crippen molar-refractivity contribution in [3.8, 4) is 17.2 Å². The fraction of sp³-hybridized carbons (Fsp3) is 0.571. The third-order valence-corrected chi connectivity index (χ3v) is 7.48. The molecule has 194 valence electrons. The van der Waals surface area contributed by atoms with Crippen molar-refractivity contribution in [2.75, 3.05) is 24.6 Å². The largest absolute Gasteiger partial charge is 0.461 e. The third-order valence-electron chi connectivity index (χ3n) is 7.48. The normalized spacial score (nSPS) is 18.8. The highest BCUT2D eigenvalue weighted by Crippen LogP contribution is 2.38. The molecule has 3 aromatic heterocycles. The van der Waals surface area contributed by atoms with Crippen LogP contribution in [0.5, 0.6) is 0 Å². The summed E-state index contributed by atoms with van der Waals surface area (Å²) < 4.78 is 7.39. The van der Waals surface area contributed by atoms with E-state index in [2.05, 4.69) is 39.5 Å². The first kappa shape index (κ1) is 25.1. The van der Waals surface area contributed by atoms with Crippen molar-refractivity contribution in [2.24, 2.45) is 5.92 Å². The van der Waals surface area contributed by atoms with Crippen LogP contribution in [0.25, 0.3) is 22.2 Å². The maximum Gasteiger partial charge on any atom is 0.357 e. The molecule has 4 heterocycles. The number of nitriles is 1. The number of aromatic nitrogens is 5. The first-order chi connectivity index (χ1) is 18.0. The van der Waals surface area contributed by atoms with Gasteiger partial charge in [0.1, 0.15) is 0 Å². The van der Waals surface area contributed by atoms with Gasteiger partial charge >= 0.3 is 5.97 Å². The summed E-state index contributed by atoms with van der Waals surface area (Å²) in [5.74, 6) is 0.365. The second-order valence-corrected chi connectivity index (χ2v) is 10.4. The molecule has 0 aromatic carbocycles. The molecule has 2 aliphatic rings. The van der Waals surface area contributed by atoms with Crippen LogP contribution in [-0.4, -0.2) is 50.4 Å². The number of carbonyl (C=O) groups is 1. The van der Waals surface area contributed by atoms with E-state index in [-0.39, 0.29) is 30.2 Å². The standard InChI is InChI=1S/C28H35N7O2/c1-4-37-27(36)23-13-22(20-15-30-28(31-16-20)34-12-8-9-19(14-29)17-34)24-25(18(2)3)33-35(26(24)32-23)21-10-6-5-7-11-21/h13,15-16,18-19,21H,4-12,17H2,1-3H3. The van der Waals surface area contributed by atoms with Crippen molar-refractivity contribution in [3.05, 3.63) is 29.8 Å². The zero-order chi connectivity index (χ0) is 25.9. The van der Waals surface area contributed by atoms with Gasteiger partial charge in [0.05, 0.1) is 35.7 Å². The Labute approximate surface area is 217 Å². The number of nitrogens with zero attached hydrogens (tertiary/aromatic N) is 7. The predicted octanol–water partition coefficient (Wildman–Crippen LogP) is 5.43. The van der Waals surface area contributed by atoms with Crippen molar-refractivity contribution in [3.63, 3.8) is 0 Å². The van der Waals surface area contributed by atoms with E-state index >= 15 is 0 Å². The number of piperidine rings is 1. The monoisotopic (exact) mass is 501 g/mol. The fourth-order valence-corrected chi connectivity index (χ4v) is 5.57. The van der Waals surface area contributed by atoms with Crippen LogP contribution in [-0.2, 0) is 4.74 Å². The van der Waals surface area contributed by atoms with Crippen LogP contribution in [0.3, 0.4) is 0 Å². The highest BCUT2D eigenvalue weighted by Gasteiger charge is 2.27. The van der Waals surface area contributed by atoms with Crippen molar-refractivity contribution in [1.29, 1.82) is 5.26 Å². The van der Waals surface area contributed by atoms with Crippen LogP contribution in [0.2, 0.25) is 0 Å². The molecule has 0 spiro atoms. The maximum atomic E-state index is 12.8. The van der Waals surface area contributed by atoms with Gasteiger partial charge in [-0.1, -0.05) is 33.1 Å². The van der Waals surface area contributed by atoms with E-state index in [0.29, 0.717) is 12.5 Å². The number of rotatable bonds is 6. The molecule has 1 aliphatic carbocycles. The molecule has 2 fully saturated rings. The lowest BCUT2D eigenvalue weighted by Gasteiger charge is -2.29. The highest BCUT2D eigenvalue weighted by atomic mass is 16.5. The lowest BCUT2D eigenvalue weighted by atomic mass is 9.95. The van der Waals surface area contributed by atoms with E-state index in [0.717, 1.165) is 60.1 Å². The SMILES string of the molecule is CCOC(=O)c1cc(-c2cnc(N3CCCC(C#N)C3)nc2)c2c(C(C)C)nn(C3CCCCC3)c2n1. The second kappa shape index (κ2) is 10.8. The number of fused-ring (bicyclic) bond motifs is 1. The Hall–Kier alpha value is -3.54. The van der Waals surface area contributed by atoms with E-state index < -0.39 is 5.97 Å². The van der Waals surface area contributed by atoms with Gasteiger partial charge in [-0.2, -0.15) is 10.4 Å². The molecular weight excluding hydrogens is 466 g/mol. The van der Waals surface area contributed by atoms with Crippen molar-refractivity contribution in [1.82, 2.24) is 24.7 Å². The number of anilines is 1. The van der Waals surface area contributed by atoms with E-state index in [1.807, 2.05) is 12.4 Å². The number of pyridine rings is 1. The molecule has 1 atom stereocenters. The number of ether oxygens (including phenoxy) is 1. The zero-order valence-electron chi connectivity index (χ0n) is 22.0. The van der Waals surface area contributed by atoms with E-state index in [1.165, 1.54) is 19.3 Å². The Morgan fingerprint density at radius 1 is 1.16 bits per heavy atom. The summed E-state index contributed by atoms with van der Waals surface area (Å²) in [6.45, 7) is 7.84. The second-order valence-electron chi connectivity index (χ2n) is 10.4. The van der Waals surface area contributed by atoms with Crippen molar-refractivity contribution in [2.45, 2.75) is 77.7 Å². The zero-order valence-corrected chi connectivity index (χ0v) is 22.0. The lowest BCUT2D eigenvalue weighted by molar-refractivity contribution is 0.0520. The van der Waals surface area contributed by atoms with Crippen molar-refractivity contribution < 1.29 is 9.53 Å². The minimum Gasteiger partial charge on any atom is -0.461 e. The summed E-state index contributed by atoms with van der Waals surface area (Å²) in [6, 6.07) is 4.44. The molecule has 9 heteroatoms. The van der Waals surface area contributed by atoms with Gasteiger partial charge in [-0.05, 0) is 44.6 Å². The first-order valence-corrected chi connectivity index (χ1v) is 13.6. The summed E-state index contributed by atoms with van der Waals surface area (Å²) in [7, 11) is 0. The fourth-order valence-electron chi connectivity index (χ4n) is 5.57. The van der Waals surface area contributed by atoms with Gasteiger partial charge in [0, 0.05) is 36.6 Å². The minimum absolute atomic E-state index is 0.00297. The van der Waals surface area contributed by atoms with Crippen LogP contribution >= 0.6 is 0 Å². The number of esters is 1. The molecule has 5 rings (SSSR count). The van der Waals surface area contributed by atoms with E-state index in [1.54, 1.807) is 13.0 Å². The topological polar surface area (TPSA) is 110 Å². The maximum absolute atomic E-state index is 12.8. The Morgan fingerprint density at radius 3 is 2.59 bits per heavy atom. The summed E-state index contributed by atoms with van der Waals surface area (Å²) in [4.78, 5) is 29.1. The molecule has 0 bridgehead atoms. The molecule has 1 saturated carbocycles. The molecule has 0 N–H and O–H groups in total. The van der Waals surface area contributed by atoms with Crippen LogP contribution in [0.15, 0.2) is 18.5 Å². The Bertz CT molecular complexity index is 1300. The van der Waals surface area contributed by atoms with Gasteiger partial charge < -0.3 is 9.64 Å². The van der Waals surface area contributed by atoms with E-state index in [9.17, 15) is 10.1 Å². The van der Waals surface area contributed by atoms with Gasteiger partial charge in [0.2, 0.25) is 5.95 Å². The van der Waals surface area contributed by atoms with Gasteiger partial charge in [-0.3, -0.25) is 0 Å². The van der Waals surface area contributed by atoms with Crippen LogP contribution in [0.4, 0.5) is 5.95 Å².